The van der Waals surface area contributed by atoms with Crippen LogP contribution in [0.4, 0.5) is 0 Å². The lowest BCUT2D eigenvalue weighted by Crippen LogP contribution is -1.97. The second-order valence-electron chi connectivity index (χ2n) is 5.78. The standard InChI is InChI=1S/C20H21NO2/c1-13-5-6-15(9-14(13)2)10-18-17-12-20(23-4)19(22-3)11-16(17)7-8-21-18/h5-9,11-12H,10H2,1-4H3. The topological polar surface area (TPSA) is 31.4 Å². The van der Waals surface area contributed by atoms with Crippen molar-refractivity contribution in [3.8, 4) is 11.5 Å². The Bertz CT molecular complexity index is 856. The van der Waals surface area contributed by atoms with Gasteiger partial charge in [-0.15, -0.1) is 0 Å². The van der Waals surface area contributed by atoms with Crippen LogP contribution in [0.1, 0.15) is 22.4 Å². The Hall–Kier alpha value is -2.55. The maximum atomic E-state index is 5.43. The Morgan fingerprint density at radius 2 is 1.61 bits per heavy atom. The van der Waals surface area contributed by atoms with E-state index < -0.39 is 0 Å². The van der Waals surface area contributed by atoms with Crippen molar-refractivity contribution < 1.29 is 9.47 Å². The van der Waals surface area contributed by atoms with E-state index in [0.717, 1.165) is 34.4 Å². The third-order valence-corrected chi connectivity index (χ3v) is 4.29. The molecule has 2 aromatic carbocycles. The molecule has 0 spiro atoms. The van der Waals surface area contributed by atoms with Crippen LogP contribution in [0.2, 0.25) is 0 Å². The first-order chi connectivity index (χ1) is 11.1. The van der Waals surface area contributed by atoms with Gasteiger partial charge >= 0.3 is 0 Å². The first-order valence-corrected chi connectivity index (χ1v) is 7.68. The summed E-state index contributed by atoms with van der Waals surface area (Å²) in [6.45, 7) is 4.27. The molecule has 0 unspecified atom stereocenters. The van der Waals surface area contributed by atoms with Gasteiger partial charge in [-0.3, -0.25) is 4.98 Å². The van der Waals surface area contributed by atoms with Crippen LogP contribution in [0.5, 0.6) is 11.5 Å². The van der Waals surface area contributed by atoms with Gasteiger partial charge in [0.1, 0.15) is 0 Å². The summed E-state index contributed by atoms with van der Waals surface area (Å²) in [7, 11) is 3.31. The van der Waals surface area contributed by atoms with Gasteiger partial charge in [0.05, 0.1) is 19.9 Å². The van der Waals surface area contributed by atoms with Gasteiger partial charge in [0, 0.05) is 18.0 Å². The Morgan fingerprint density at radius 3 is 2.30 bits per heavy atom. The molecule has 0 saturated carbocycles. The molecular formula is C20H21NO2. The van der Waals surface area contributed by atoms with E-state index in [0.29, 0.717) is 0 Å². The van der Waals surface area contributed by atoms with Crippen molar-refractivity contribution in [3.63, 3.8) is 0 Å². The van der Waals surface area contributed by atoms with E-state index in [1.54, 1.807) is 14.2 Å². The molecule has 0 fully saturated rings. The van der Waals surface area contributed by atoms with Crippen LogP contribution in [0, 0.1) is 13.8 Å². The van der Waals surface area contributed by atoms with Crippen molar-refractivity contribution in [2.24, 2.45) is 0 Å². The molecule has 3 heteroatoms. The largest absolute Gasteiger partial charge is 0.493 e. The van der Waals surface area contributed by atoms with Crippen molar-refractivity contribution in [2.75, 3.05) is 14.2 Å². The molecule has 1 aromatic heterocycles. The lowest BCUT2D eigenvalue weighted by Gasteiger charge is -2.12. The van der Waals surface area contributed by atoms with Crippen molar-refractivity contribution in [2.45, 2.75) is 20.3 Å². The molecule has 3 aromatic rings. The van der Waals surface area contributed by atoms with Gasteiger partial charge in [-0.05, 0) is 54.1 Å². The fourth-order valence-corrected chi connectivity index (χ4v) is 2.81. The number of hydrogen-bond acceptors (Lipinski definition) is 3. The minimum atomic E-state index is 0.731. The smallest absolute Gasteiger partial charge is 0.161 e. The summed E-state index contributed by atoms with van der Waals surface area (Å²) in [5.74, 6) is 1.47. The minimum absolute atomic E-state index is 0.731. The SMILES string of the molecule is COc1cc2ccnc(Cc3ccc(C)c(C)c3)c2cc1OC. The highest BCUT2D eigenvalue weighted by atomic mass is 16.5. The highest BCUT2D eigenvalue weighted by Gasteiger charge is 2.10. The predicted octanol–water partition coefficient (Wildman–Crippen LogP) is 4.46. The summed E-state index contributed by atoms with van der Waals surface area (Å²) in [5.41, 5.74) is 4.93. The Balaban J connectivity index is 2.08. The van der Waals surface area contributed by atoms with Crippen molar-refractivity contribution in [1.29, 1.82) is 0 Å². The van der Waals surface area contributed by atoms with Crippen LogP contribution >= 0.6 is 0 Å². The third kappa shape index (κ3) is 3.00. The Labute approximate surface area is 136 Å². The van der Waals surface area contributed by atoms with Gasteiger partial charge in [0.25, 0.3) is 0 Å². The number of aromatic nitrogens is 1. The number of aryl methyl sites for hydroxylation is 2. The second kappa shape index (κ2) is 6.29. The van der Waals surface area contributed by atoms with Crippen LogP contribution in [-0.2, 0) is 6.42 Å². The van der Waals surface area contributed by atoms with E-state index in [4.69, 9.17) is 9.47 Å². The number of benzene rings is 2. The molecule has 3 nitrogen and oxygen atoms in total. The van der Waals surface area contributed by atoms with Gasteiger partial charge in [-0.25, -0.2) is 0 Å². The second-order valence-corrected chi connectivity index (χ2v) is 5.78. The highest BCUT2D eigenvalue weighted by Crippen LogP contribution is 2.33. The highest BCUT2D eigenvalue weighted by molar-refractivity contribution is 5.88. The lowest BCUT2D eigenvalue weighted by atomic mass is 10.00. The lowest BCUT2D eigenvalue weighted by molar-refractivity contribution is 0.356. The molecule has 0 amide bonds. The zero-order valence-electron chi connectivity index (χ0n) is 14.0. The number of nitrogens with zero attached hydrogens (tertiary/aromatic N) is 1. The van der Waals surface area contributed by atoms with Crippen LogP contribution in [-0.4, -0.2) is 19.2 Å². The van der Waals surface area contributed by atoms with Crippen molar-refractivity contribution in [3.05, 3.63) is 65.0 Å². The van der Waals surface area contributed by atoms with Crippen LogP contribution in [0.15, 0.2) is 42.6 Å². The quantitative estimate of drug-likeness (QED) is 0.713. The number of rotatable bonds is 4. The van der Waals surface area contributed by atoms with E-state index in [-0.39, 0.29) is 0 Å². The Kier molecular flexibility index (Phi) is 4.20. The van der Waals surface area contributed by atoms with Gasteiger partial charge in [0.15, 0.2) is 11.5 Å². The predicted molar refractivity (Wildman–Crippen MR) is 93.6 cm³/mol. The number of hydrogen-bond donors (Lipinski definition) is 0. The van der Waals surface area contributed by atoms with Gasteiger partial charge < -0.3 is 9.47 Å². The van der Waals surface area contributed by atoms with Crippen molar-refractivity contribution in [1.82, 2.24) is 4.98 Å². The average molecular weight is 307 g/mol. The third-order valence-electron chi connectivity index (χ3n) is 4.29. The number of pyridine rings is 1. The summed E-state index contributed by atoms with van der Waals surface area (Å²) in [5, 5.41) is 2.21. The zero-order chi connectivity index (χ0) is 16.4. The molecular weight excluding hydrogens is 286 g/mol. The molecule has 0 saturated heterocycles. The summed E-state index contributed by atoms with van der Waals surface area (Å²) < 4.78 is 10.8. The van der Waals surface area contributed by atoms with E-state index in [1.807, 2.05) is 24.4 Å². The first-order valence-electron chi connectivity index (χ1n) is 7.68. The molecule has 118 valence electrons. The molecule has 0 aliphatic carbocycles. The molecule has 0 atom stereocenters. The maximum Gasteiger partial charge on any atom is 0.161 e. The number of fused-ring (bicyclic) bond motifs is 1. The average Bonchev–Trinajstić information content (AvgIpc) is 2.57. The molecule has 0 aliphatic heterocycles. The van der Waals surface area contributed by atoms with Gasteiger partial charge in [-0.2, -0.15) is 0 Å². The molecule has 0 bridgehead atoms. The summed E-state index contributed by atoms with van der Waals surface area (Å²) >= 11 is 0. The van der Waals surface area contributed by atoms with Gasteiger partial charge in [0.2, 0.25) is 0 Å². The first kappa shape index (κ1) is 15.3. The minimum Gasteiger partial charge on any atom is -0.493 e. The van der Waals surface area contributed by atoms with E-state index >= 15 is 0 Å². The van der Waals surface area contributed by atoms with E-state index in [1.165, 1.54) is 16.7 Å². The monoisotopic (exact) mass is 307 g/mol. The van der Waals surface area contributed by atoms with E-state index in [2.05, 4.69) is 37.0 Å². The van der Waals surface area contributed by atoms with E-state index in [9.17, 15) is 0 Å². The fourth-order valence-electron chi connectivity index (χ4n) is 2.81. The van der Waals surface area contributed by atoms with Crippen molar-refractivity contribution >= 4 is 10.8 Å². The summed E-state index contributed by atoms with van der Waals surface area (Å²) in [4.78, 5) is 4.59. The molecule has 1 heterocycles. The molecule has 0 aliphatic rings. The Morgan fingerprint density at radius 1 is 0.870 bits per heavy atom. The molecule has 23 heavy (non-hydrogen) atoms. The van der Waals surface area contributed by atoms with Crippen LogP contribution in [0.25, 0.3) is 10.8 Å². The van der Waals surface area contributed by atoms with Gasteiger partial charge in [-0.1, -0.05) is 18.2 Å². The maximum absolute atomic E-state index is 5.43. The normalized spacial score (nSPS) is 10.8. The molecule has 0 N–H and O–H groups in total. The van der Waals surface area contributed by atoms with Crippen LogP contribution < -0.4 is 9.47 Å². The molecule has 3 rings (SSSR count). The van der Waals surface area contributed by atoms with Crippen LogP contribution in [0.3, 0.4) is 0 Å². The zero-order valence-corrected chi connectivity index (χ0v) is 14.0. The molecule has 0 radical (unpaired) electrons. The summed E-state index contributed by atoms with van der Waals surface area (Å²) in [6, 6.07) is 12.6. The number of ether oxygens (including phenoxy) is 2. The summed E-state index contributed by atoms with van der Waals surface area (Å²) in [6.07, 6.45) is 2.65. The number of methoxy groups -OCH3 is 2. The fraction of sp³-hybridized carbons (Fsp3) is 0.250.